The number of nitrogens with zero attached hydrogens (tertiary/aromatic N) is 2. The predicted octanol–water partition coefficient (Wildman–Crippen LogP) is 2.47. The highest BCUT2D eigenvalue weighted by atomic mass is 32.2. The number of carbonyl (C=O) groups is 1. The molecule has 1 aromatic carbocycles. The van der Waals surface area contributed by atoms with Gasteiger partial charge in [-0.3, -0.25) is 18.7 Å². The van der Waals surface area contributed by atoms with Crippen LogP contribution in [0.15, 0.2) is 38.9 Å². The Hall–Kier alpha value is -2.94. The quantitative estimate of drug-likeness (QED) is 0.445. The molecule has 0 aliphatic rings. The number of nitrogens with one attached hydrogen (secondary N) is 1. The van der Waals surface area contributed by atoms with Crippen LogP contribution in [0, 0.1) is 6.92 Å². The molecular formula is C20H25N3O5S. The van der Waals surface area contributed by atoms with Gasteiger partial charge >= 0.3 is 5.69 Å². The number of unbranched alkanes of at least 4 members (excludes halogenated alkanes) is 1. The third kappa shape index (κ3) is 5.11. The number of ketones is 1. The molecule has 0 saturated heterocycles. The minimum absolute atomic E-state index is 0.0674. The van der Waals surface area contributed by atoms with E-state index in [0.29, 0.717) is 10.7 Å². The van der Waals surface area contributed by atoms with Crippen LogP contribution in [0.25, 0.3) is 0 Å². The standard InChI is InChI=1S/C20H25N3O5S/c1-5-6-7-17(21-18-12(2)22(3)20(28)23(4)19(18)27)29-11-16(26)13-8-9-14(24)15(25)10-13/h7-10,21,24-25H,5-6,11H2,1-4H3/b17-7-. The van der Waals surface area contributed by atoms with Gasteiger partial charge in [0.1, 0.15) is 5.69 Å². The normalized spacial score (nSPS) is 11.5. The number of phenols is 2. The summed E-state index contributed by atoms with van der Waals surface area (Å²) >= 11 is 1.22. The van der Waals surface area contributed by atoms with Crippen molar-refractivity contribution in [2.24, 2.45) is 14.1 Å². The smallest absolute Gasteiger partial charge is 0.330 e. The number of carbonyl (C=O) groups excluding carboxylic acids is 1. The van der Waals surface area contributed by atoms with Gasteiger partial charge in [-0.2, -0.15) is 0 Å². The Balaban J connectivity index is 2.25. The van der Waals surface area contributed by atoms with Crippen LogP contribution in [0.3, 0.4) is 0 Å². The van der Waals surface area contributed by atoms with E-state index in [0.717, 1.165) is 17.4 Å². The maximum atomic E-state index is 12.5. The molecule has 0 unspecified atom stereocenters. The van der Waals surface area contributed by atoms with Gasteiger partial charge < -0.3 is 15.5 Å². The first kappa shape index (κ1) is 22.4. The second kappa shape index (κ2) is 9.51. The van der Waals surface area contributed by atoms with Gasteiger partial charge in [0.2, 0.25) is 0 Å². The van der Waals surface area contributed by atoms with E-state index in [1.165, 1.54) is 41.6 Å². The molecule has 2 aromatic rings. The van der Waals surface area contributed by atoms with Crippen molar-refractivity contribution in [2.45, 2.75) is 26.7 Å². The number of hydrogen-bond donors (Lipinski definition) is 3. The first-order valence-corrected chi connectivity index (χ1v) is 10.1. The molecule has 0 aliphatic carbocycles. The predicted molar refractivity (Wildman–Crippen MR) is 115 cm³/mol. The lowest BCUT2D eigenvalue weighted by Crippen LogP contribution is -2.39. The zero-order valence-corrected chi connectivity index (χ0v) is 17.7. The highest BCUT2D eigenvalue weighted by Crippen LogP contribution is 2.27. The molecule has 0 amide bonds. The van der Waals surface area contributed by atoms with Crippen LogP contribution in [0.1, 0.15) is 35.8 Å². The fourth-order valence-corrected chi connectivity index (χ4v) is 3.42. The Labute approximate surface area is 172 Å². The van der Waals surface area contributed by atoms with Crippen LogP contribution in [-0.4, -0.2) is 30.9 Å². The molecule has 156 valence electrons. The van der Waals surface area contributed by atoms with E-state index < -0.39 is 11.2 Å². The van der Waals surface area contributed by atoms with Crippen LogP contribution in [0.5, 0.6) is 11.5 Å². The number of aromatic nitrogens is 2. The van der Waals surface area contributed by atoms with Crippen molar-refractivity contribution in [2.75, 3.05) is 11.1 Å². The minimum atomic E-state index is -0.441. The average molecular weight is 420 g/mol. The van der Waals surface area contributed by atoms with Gasteiger partial charge in [0, 0.05) is 25.4 Å². The zero-order chi connectivity index (χ0) is 21.7. The number of rotatable bonds is 8. The van der Waals surface area contributed by atoms with E-state index in [2.05, 4.69) is 5.32 Å². The summed E-state index contributed by atoms with van der Waals surface area (Å²) in [5, 5.41) is 22.7. The van der Waals surface area contributed by atoms with Crippen LogP contribution in [-0.2, 0) is 14.1 Å². The van der Waals surface area contributed by atoms with Crippen LogP contribution in [0.4, 0.5) is 5.69 Å². The summed E-state index contributed by atoms with van der Waals surface area (Å²) in [6.07, 6.45) is 3.53. The molecule has 0 saturated carbocycles. The highest BCUT2D eigenvalue weighted by molar-refractivity contribution is 8.03. The number of aromatic hydroxyl groups is 2. The number of allylic oxidation sites excluding steroid dienone is 1. The maximum Gasteiger partial charge on any atom is 0.330 e. The van der Waals surface area contributed by atoms with Gasteiger partial charge in [0.05, 0.1) is 10.8 Å². The van der Waals surface area contributed by atoms with Gasteiger partial charge in [-0.25, -0.2) is 4.79 Å². The lowest BCUT2D eigenvalue weighted by Gasteiger charge is -2.15. The van der Waals surface area contributed by atoms with Crippen molar-refractivity contribution in [3.05, 3.63) is 61.4 Å². The maximum absolute atomic E-state index is 12.5. The Bertz CT molecular complexity index is 1070. The molecule has 0 aliphatic heterocycles. The number of Topliss-reactive ketones (excluding diaryl/α,β-unsaturated/α-hetero) is 1. The number of benzene rings is 1. The molecular weight excluding hydrogens is 394 g/mol. The van der Waals surface area contributed by atoms with Crippen molar-refractivity contribution in [3.8, 4) is 11.5 Å². The van der Waals surface area contributed by atoms with Crippen molar-refractivity contribution in [1.82, 2.24) is 9.13 Å². The van der Waals surface area contributed by atoms with E-state index in [1.54, 1.807) is 14.0 Å². The number of hydrogen-bond acceptors (Lipinski definition) is 7. The van der Waals surface area contributed by atoms with E-state index in [-0.39, 0.29) is 34.3 Å². The second-order valence-corrected chi connectivity index (χ2v) is 7.58. The third-order valence-electron chi connectivity index (χ3n) is 4.48. The Morgan fingerprint density at radius 2 is 1.86 bits per heavy atom. The lowest BCUT2D eigenvalue weighted by atomic mass is 10.1. The molecule has 2 rings (SSSR count). The van der Waals surface area contributed by atoms with E-state index in [1.807, 2.05) is 13.0 Å². The van der Waals surface area contributed by atoms with Gasteiger partial charge in [0.25, 0.3) is 5.56 Å². The van der Waals surface area contributed by atoms with Gasteiger partial charge in [-0.15, -0.1) is 11.8 Å². The molecule has 0 radical (unpaired) electrons. The Kier molecular flexibility index (Phi) is 7.33. The summed E-state index contributed by atoms with van der Waals surface area (Å²) in [6.45, 7) is 3.69. The summed E-state index contributed by atoms with van der Waals surface area (Å²) in [6, 6.07) is 3.92. The molecule has 0 spiro atoms. The fourth-order valence-electron chi connectivity index (χ4n) is 2.56. The average Bonchev–Trinajstić information content (AvgIpc) is 2.71. The number of thioether (sulfide) groups is 1. The van der Waals surface area contributed by atoms with E-state index in [4.69, 9.17) is 0 Å². The molecule has 0 atom stereocenters. The third-order valence-corrected chi connectivity index (χ3v) is 5.47. The van der Waals surface area contributed by atoms with Crippen molar-refractivity contribution < 1.29 is 15.0 Å². The Morgan fingerprint density at radius 3 is 2.48 bits per heavy atom. The van der Waals surface area contributed by atoms with Crippen molar-refractivity contribution in [1.29, 1.82) is 0 Å². The Morgan fingerprint density at radius 1 is 1.17 bits per heavy atom. The first-order valence-electron chi connectivity index (χ1n) is 9.09. The fraction of sp³-hybridized carbons (Fsp3) is 0.350. The van der Waals surface area contributed by atoms with Gasteiger partial charge in [0.15, 0.2) is 17.3 Å². The van der Waals surface area contributed by atoms with Crippen LogP contribution < -0.4 is 16.6 Å². The van der Waals surface area contributed by atoms with Crippen molar-refractivity contribution in [3.63, 3.8) is 0 Å². The summed E-state index contributed by atoms with van der Waals surface area (Å²) < 4.78 is 2.41. The molecule has 1 aromatic heterocycles. The van der Waals surface area contributed by atoms with E-state index >= 15 is 0 Å². The first-order chi connectivity index (χ1) is 13.7. The summed E-state index contributed by atoms with van der Waals surface area (Å²) in [7, 11) is 3.00. The monoisotopic (exact) mass is 419 g/mol. The van der Waals surface area contributed by atoms with Gasteiger partial charge in [-0.05, 0) is 31.5 Å². The SMILES string of the molecule is CCC/C=C(/Nc1c(C)n(C)c(=O)n(C)c1=O)SCC(=O)c1ccc(O)c(O)c1. The summed E-state index contributed by atoms with van der Waals surface area (Å²) in [5.74, 6) is -0.817. The van der Waals surface area contributed by atoms with E-state index in [9.17, 15) is 24.6 Å². The molecule has 8 nitrogen and oxygen atoms in total. The lowest BCUT2D eigenvalue weighted by molar-refractivity contribution is 0.102. The largest absolute Gasteiger partial charge is 0.504 e. The number of phenolic OH excluding ortho intramolecular Hbond substituents is 2. The summed E-state index contributed by atoms with van der Waals surface area (Å²) in [4.78, 5) is 37.0. The van der Waals surface area contributed by atoms with Crippen LogP contribution in [0.2, 0.25) is 0 Å². The molecule has 0 bridgehead atoms. The van der Waals surface area contributed by atoms with Crippen molar-refractivity contribution >= 4 is 23.2 Å². The zero-order valence-electron chi connectivity index (χ0n) is 16.9. The molecule has 9 heteroatoms. The second-order valence-electron chi connectivity index (χ2n) is 6.56. The van der Waals surface area contributed by atoms with Crippen LogP contribution >= 0.6 is 11.8 Å². The topological polar surface area (TPSA) is 114 Å². The molecule has 0 fully saturated rings. The molecule has 3 N–H and O–H groups in total. The number of anilines is 1. The summed E-state index contributed by atoms with van der Waals surface area (Å²) in [5.41, 5.74) is 0.197. The highest BCUT2D eigenvalue weighted by Gasteiger charge is 2.15. The van der Waals surface area contributed by atoms with Gasteiger partial charge in [-0.1, -0.05) is 19.4 Å². The molecule has 29 heavy (non-hydrogen) atoms. The molecule has 1 heterocycles. The minimum Gasteiger partial charge on any atom is -0.504 e.